The summed E-state index contributed by atoms with van der Waals surface area (Å²) in [5.41, 5.74) is 2.81. The largest absolute Gasteiger partial charge is 0.387 e. The Kier molecular flexibility index (Phi) is 8.58. The van der Waals surface area contributed by atoms with Gasteiger partial charge in [-0.05, 0) is 16.7 Å². The van der Waals surface area contributed by atoms with E-state index in [1.807, 2.05) is 91.0 Å². The standard InChI is InChI=1S/C27H29FO5/c28-27-26(32-18-22-14-8-3-9-15-22)25(31-17-21-12-6-2-7-13-21)24(29)23(33-27)19-30-16-20-10-4-1-5-11-20/h1-15,23-27,29H,16-19H2/t23?,24-,25+,26?,27?/m0/s1. The van der Waals surface area contributed by atoms with Crippen molar-refractivity contribution in [3.8, 4) is 0 Å². The van der Waals surface area contributed by atoms with Gasteiger partial charge in [-0.1, -0.05) is 91.0 Å². The second kappa shape index (κ2) is 12.0. The molecule has 174 valence electrons. The van der Waals surface area contributed by atoms with E-state index in [9.17, 15) is 5.11 Å². The van der Waals surface area contributed by atoms with Crippen LogP contribution >= 0.6 is 0 Å². The topological polar surface area (TPSA) is 57.2 Å². The Hall–Kier alpha value is -2.61. The molecule has 1 aliphatic rings. The Morgan fingerprint density at radius 3 is 1.64 bits per heavy atom. The Bertz CT molecular complexity index is 941. The number of hydrogen-bond acceptors (Lipinski definition) is 5. The third-order valence-corrected chi connectivity index (χ3v) is 5.57. The summed E-state index contributed by atoms with van der Waals surface area (Å²) in [5.74, 6) is 0. The lowest BCUT2D eigenvalue weighted by Crippen LogP contribution is -2.59. The molecule has 33 heavy (non-hydrogen) atoms. The highest BCUT2D eigenvalue weighted by atomic mass is 19.1. The molecule has 6 heteroatoms. The van der Waals surface area contributed by atoms with Crippen LogP contribution in [0.25, 0.3) is 0 Å². The van der Waals surface area contributed by atoms with Gasteiger partial charge in [0.15, 0.2) is 0 Å². The maximum Gasteiger partial charge on any atom is 0.228 e. The highest BCUT2D eigenvalue weighted by Gasteiger charge is 2.47. The van der Waals surface area contributed by atoms with Crippen LogP contribution in [0.15, 0.2) is 91.0 Å². The van der Waals surface area contributed by atoms with Gasteiger partial charge in [0.25, 0.3) is 0 Å². The van der Waals surface area contributed by atoms with Gasteiger partial charge in [-0.2, -0.15) is 0 Å². The summed E-state index contributed by atoms with van der Waals surface area (Å²) < 4.78 is 38.1. The average molecular weight is 453 g/mol. The summed E-state index contributed by atoms with van der Waals surface area (Å²) in [5, 5.41) is 11.0. The SMILES string of the molecule is O[C@H]1C(COCc2ccccc2)OC(F)C(OCc2ccccc2)[C@@H]1OCc1ccccc1. The molecule has 0 spiro atoms. The minimum absolute atomic E-state index is 0.0348. The molecular formula is C27H29FO5. The molecule has 1 saturated heterocycles. The van der Waals surface area contributed by atoms with E-state index in [-0.39, 0.29) is 19.8 Å². The maximum atomic E-state index is 15.1. The number of aliphatic hydroxyl groups is 1. The predicted octanol–water partition coefficient (Wildman–Crippen LogP) is 4.43. The van der Waals surface area contributed by atoms with Gasteiger partial charge in [-0.25, -0.2) is 4.39 Å². The first-order valence-electron chi connectivity index (χ1n) is 11.1. The van der Waals surface area contributed by atoms with E-state index < -0.39 is 30.8 Å². The summed E-state index contributed by atoms with van der Waals surface area (Å²) in [6.07, 6.45) is -5.74. The molecule has 1 heterocycles. The molecule has 0 aliphatic carbocycles. The number of hydrogen-bond donors (Lipinski definition) is 1. The lowest BCUT2D eigenvalue weighted by Gasteiger charge is -2.41. The fourth-order valence-corrected chi connectivity index (χ4v) is 3.78. The average Bonchev–Trinajstić information content (AvgIpc) is 2.86. The molecule has 5 nitrogen and oxygen atoms in total. The first-order chi connectivity index (χ1) is 16.2. The van der Waals surface area contributed by atoms with Gasteiger partial charge in [0.1, 0.15) is 24.4 Å². The molecule has 3 unspecified atom stereocenters. The van der Waals surface area contributed by atoms with E-state index in [0.29, 0.717) is 6.61 Å². The van der Waals surface area contributed by atoms with Crippen LogP contribution < -0.4 is 0 Å². The van der Waals surface area contributed by atoms with Crippen molar-refractivity contribution in [1.29, 1.82) is 0 Å². The molecule has 0 amide bonds. The number of ether oxygens (including phenoxy) is 4. The highest BCUT2D eigenvalue weighted by molar-refractivity contribution is 5.15. The van der Waals surface area contributed by atoms with Crippen LogP contribution in [0.5, 0.6) is 0 Å². The Morgan fingerprint density at radius 2 is 1.12 bits per heavy atom. The van der Waals surface area contributed by atoms with Gasteiger partial charge in [0.05, 0.1) is 26.4 Å². The summed E-state index contributed by atoms with van der Waals surface area (Å²) in [7, 11) is 0. The minimum Gasteiger partial charge on any atom is -0.387 e. The van der Waals surface area contributed by atoms with Gasteiger partial charge in [-0.15, -0.1) is 0 Å². The molecule has 0 aromatic heterocycles. The van der Waals surface area contributed by atoms with Crippen molar-refractivity contribution < 1.29 is 28.4 Å². The van der Waals surface area contributed by atoms with Crippen molar-refractivity contribution in [2.75, 3.05) is 6.61 Å². The summed E-state index contributed by atoms with van der Waals surface area (Å²) >= 11 is 0. The third-order valence-electron chi connectivity index (χ3n) is 5.57. The van der Waals surface area contributed by atoms with Crippen molar-refractivity contribution in [2.45, 2.75) is 50.6 Å². The fraction of sp³-hybridized carbons (Fsp3) is 0.333. The number of alkyl halides is 1. The van der Waals surface area contributed by atoms with Gasteiger partial charge in [-0.3, -0.25) is 0 Å². The van der Waals surface area contributed by atoms with Crippen LogP contribution in [0, 0.1) is 0 Å². The monoisotopic (exact) mass is 452 g/mol. The van der Waals surface area contributed by atoms with Crippen molar-refractivity contribution in [2.24, 2.45) is 0 Å². The lowest BCUT2D eigenvalue weighted by atomic mass is 9.99. The van der Waals surface area contributed by atoms with Crippen LogP contribution in [0.3, 0.4) is 0 Å². The minimum atomic E-state index is -1.76. The van der Waals surface area contributed by atoms with Crippen LogP contribution in [0.2, 0.25) is 0 Å². The van der Waals surface area contributed by atoms with Crippen LogP contribution in [0.1, 0.15) is 16.7 Å². The number of halogens is 1. The fourth-order valence-electron chi connectivity index (χ4n) is 3.78. The van der Waals surface area contributed by atoms with Crippen molar-refractivity contribution >= 4 is 0 Å². The molecule has 1 aliphatic heterocycles. The van der Waals surface area contributed by atoms with Crippen molar-refractivity contribution in [3.05, 3.63) is 108 Å². The highest BCUT2D eigenvalue weighted by Crippen LogP contribution is 2.29. The van der Waals surface area contributed by atoms with Crippen molar-refractivity contribution in [3.63, 3.8) is 0 Å². The third kappa shape index (κ3) is 6.69. The molecule has 4 rings (SSSR count). The zero-order valence-corrected chi connectivity index (χ0v) is 18.3. The van der Waals surface area contributed by atoms with Crippen LogP contribution in [0.4, 0.5) is 4.39 Å². The van der Waals surface area contributed by atoms with E-state index in [0.717, 1.165) is 16.7 Å². The summed E-state index contributed by atoms with van der Waals surface area (Å²) in [6.45, 7) is 0.779. The molecule has 0 radical (unpaired) electrons. The van der Waals surface area contributed by atoms with E-state index in [2.05, 4.69) is 0 Å². The number of benzene rings is 3. The van der Waals surface area contributed by atoms with Crippen LogP contribution in [-0.2, 0) is 38.8 Å². The first kappa shape index (κ1) is 23.5. The molecule has 1 fully saturated rings. The zero-order chi connectivity index (χ0) is 22.9. The van der Waals surface area contributed by atoms with Gasteiger partial charge >= 0.3 is 0 Å². The smallest absolute Gasteiger partial charge is 0.228 e. The lowest BCUT2D eigenvalue weighted by molar-refractivity contribution is -0.289. The normalized spacial score (nSPS) is 25.1. The van der Waals surface area contributed by atoms with Gasteiger partial charge in [0, 0.05) is 0 Å². The summed E-state index contributed by atoms with van der Waals surface area (Å²) in [4.78, 5) is 0. The molecule has 5 atom stereocenters. The second-order valence-corrected chi connectivity index (χ2v) is 8.04. The van der Waals surface area contributed by atoms with E-state index in [1.165, 1.54) is 0 Å². The Morgan fingerprint density at radius 1 is 0.667 bits per heavy atom. The molecule has 0 saturated carbocycles. The Labute approximate surface area is 193 Å². The molecule has 1 N–H and O–H groups in total. The maximum absolute atomic E-state index is 15.1. The number of aliphatic hydroxyl groups excluding tert-OH is 1. The molecule has 0 bridgehead atoms. The van der Waals surface area contributed by atoms with Gasteiger partial charge < -0.3 is 24.1 Å². The van der Waals surface area contributed by atoms with Gasteiger partial charge in [0.2, 0.25) is 6.36 Å². The zero-order valence-electron chi connectivity index (χ0n) is 18.3. The number of rotatable bonds is 10. The van der Waals surface area contributed by atoms with Crippen LogP contribution in [-0.4, -0.2) is 42.5 Å². The van der Waals surface area contributed by atoms with E-state index in [4.69, 9.17) is 18.9 Å². The predicted molar refractivity (Wildman–Crippen MR) is 122 cm³/mol. The van der Waals surface area contributed by atoms with E-state index >= 15 is 4.39 Å². The van der Waals surface area contributed by atoms with Crippen molar-refractivity contribution in [1.82, 2.24) is 0 Å². The first-order valence-corrected chi connectivity index (χ1v) is 11.1. The van der Waals surface area contributed by atoms with E-state index in [1.54, 1.807) is 0 Å². The molecule has 3 aromatic carbocycles. The molecule has 3 aromatic rings. The quantitative estimate of drug-likeness (QED) is 0.493. The molecular weight excluding hydrogens is 423 g/mol. The summed E-state index contributed by atoms with van der Waals surface area (Å²) in [6, 6.07) is 28.7. The second-order valence-electron chi connectivity index (χ2n) is 8.04. The Balaban J connectivity index is 1.41.